The number of hydrogen-bond donors (Lipinski definition) is 2. The van der Waals surface area contributed by atoms with E-state index < -0.39 is 0 Å². The third-order valence-corrected chi connectivity index (χ3v) is 3.98. The maximum absolute atomic E-state index is 11.3. The van der Waals surface area contributed by atoms with Crippen LogP contribution in [0.1, 0.15) is 47.0 Å². The summed E-state index contributed by atoms with van der Waals surface area (Å²) >= 11 is 0. The monoisotopic (exact) mass is 270 g/mol. The molecule has 0 aliphatic heterocycles. The zero-order valence-electron chi connectivity index (χ0n) is 12.9. The predicted molar refractivity (Wildman–Crippen MR) is 78.1 cm³/mol. The van der Waals surface area contributed by atoms with E-state index >= 15 is 0 Å². The van der Waals surface area contributed by atoms with Gasteiger partial charge in [0.2, 0.25) is 0 Å². The lowest BCUT2D eigenvalue weighted by Crippen LogP contribution is -2.37. The van der Waals surface area contributed by atoms with Crippen molar-refractivity contribution in [3.05, 3.63) is 0 Å². The largest absolute Gasteiger partial charge is 0.465 e. The van der Waals surface area contributed by atoms with Gasteiger partial charge in [0, 0.05) is 12.1 Å². The summed E-state index contributed by atoms with van der Waals surface area (Å²) in [5, 5.41) is 6.82. The van der Waals surface area contributed by atoms with Crippen molar-refractivity contribution < 1.29 is 9.53 Å². The van der Waals surface area contributed by atoms with Gasteiger partial charge in [0.25, 0.3) is 0 Å². The molecule has 0 spiro atoms. The molecule has 0 aromatic carbocycles. The highest BCUT2D eigenvalue weighted by Gasteiger charge is 2.28. The second kappa shape index (κ2) is 8.54. The molecule has 0 aromatic heterocycles. The fraction of sp³-hybridized carbons (Fsp3) is 0.933. The number of rotatable bonds is 8. The quantitative estimate of drug-likeness (QED) is 0.662. The summed E-state index contributed by atoms with van der Waals surface area (Å²) in [6.45, 7) is 10.3. The molecule has 0 amide bonds. The van der Waals surface area contributed by atoms with E-state index in [2.05, 4.69) is 31.4 Å². The van der Waals surface area contributed by atoms with E-state index in [-0.39, 0.29) is 5.97 Å². The van der Waals surface area contributed by atoms with Gasteiger partial charge in [-0.2, -0.15) is 0 Å². The van der Waals surface area contributed by atoms with E-state index in [0.29, 0.717) is 31.2 Å². The third kappa shape index (κ3) is 6.39. The summed E-state index contributed by atoms with van der Waals surface area (Å²) in [7, 11) is 0. The van der Waals surface area contributed by atoms with Crippen LogP contribution in [-0.2, 0) is 9.53 Å². The molecule has 0 aromatic rings. The minimum absolute atomic E-state index is 0.148. The Balaban J connectivity index is 2.20. The minimum Gasteiger partial charge on any atom is -0.465 e. The first kappa shape index (κ1) is 16.4. The van der Waals surface area contributed by atoms with Crippen molar-refractivity contribution in [3.63, 3.8) is 0 Å². The number of carbonyl (C=O) groups is 1. The van der Waals surface area contributed by atoms with Crippen LogP contribution in [0, 0.1) is 11.8 Å². The van der Waals surface area contributed by atoms with Crippen LogP contribution in [0.25, 0.3) is 0 Å². The molecule has 0 heterocycles. The molecule has 1 aliphatic carbocycles. The summed E-state index contributed by atoms with van der Waals surface area (Å²) in [4.78, 5) is 11.3. The van der Waals surface area contributed by atoms with Crippen LogP contribution in [0.3, 0.4) is 0 Å². The van der Waals surface area contributed by atoms with Crippen LogP contribution in [0.4, 0.5) is 0 Å². The fourth-order valence-corrected chi connectivity index (χ4v) is 2.78. The Morgan fingerprint density at radius 3 is 2.63 bits per heavy atom. The minimum atomic E-state index is -0.148. The molecule has 1 rings (SSSR count). The fourth-order valence-electron chi connectivity index (χ4n) is 2.78. The maximum Gasteiger partial charge on any atom is 0.319 e. The Morgan fingerprint density at radius 1 is 1.26 bits per heavy atom. The normalized spacial score (nSPS) is 24.7. The molecular formula is C15H30N2O2. The Morgan fingerprint density at radius 2 is 2.00 bits per heavy atom. The van der Waals surface area contributed by atoms with Crippen molar-refractivity contribution in [2.75, 3.05) is 19.7 Å². The van der Waals surface area contributed by atoms with Gasteiger partial charge in [-0.3, -0.25) is 4.79 Å². The molecule has 1 unspecified atom stereocenters. The van der Waals surface area contributed by atoms with Crippen molar-refractivity contribution in [2.24, 2.45) is 11.8 Å². The zero-order chi connectivity index (χ0) is 14.3. The summed E-state index contributed by atoms with van der Waals surface area (Å²) in [5.74, 6) is 1.33. The molecule has 0 radical (unpaired) electrons. The third-order valence-electron chi connectivity index (χ3n) is 3.98. The van der Waals surface area contributed by atoms with Gasteiger partial charge in [-0.15, -0.1) is 0 Å². The van der Waals surface area contributed by atoms with Gasteiger partial charge in [0.1, 0.15) is 0 Å². The Hall–Kier alpha value is -0.610. The highest BCUT2D eigenvalue weighted by molar-refractivity contribution is 5.71. The van der Waals surface area contributed by atoms with Crippen molar-refractivity contribution in [2.45, 2.75) is 59.0 Å². The highest BCUT2D eigenvalue weighted by atomic mass is 16.5. The predicted octanol–water partition coefficient (Wildman–Crippen LogP) is 1.94. The second-order valence-corrected chi connectivity index (χ2v) is 5.98. The van der Waals surface area contributed by atoms with Crippen LogP contribution in [0.15, 0.2) is 0 Å². The van der Waals surface area contributed by atoms with Gasteiger partial charge >= 0.3 is 5.97 Å². The molecule has 1 aliphatic rings. The lowest BCUT2D eigenvalue weighted by Gasteiger charge is -2.21. The van der Waals surface area contributed by atoms with Gasteiger partial charge in [-0.1, -0.05) is 13.8 Å². The lowest BCUT2D eigenvalue weighted by molar-refractivity contribution is -0.142. The van der Waals surface area contributed by atoms with Crippen LogP contribution >= 0.6 is 0 Å². The topological polar surface area (TPSA) is 50.4 Å². The molecule has 3 atom stereocenters. The number of esters is 1. The molecule has 19 heavy (non-hydrogen) atoms. The summed E-state index contributed by atoms with van der Waals surface area (Å²) in [5.41, 5.74) is 0. The molecule has 2 N–H and O–H groups in total. The van der Waals surface area contributed by atoms with Gasteiger partial charge < -0.3 is 15.4 Å². The molecule has 4 nitrogen and oxygen atoms in total. The molecule has 112 valence electrons. The Bertz CT molecular complexity index is 269. The van der Waals surface area contributed by atoms with E-state index in [9.17, 15) is 4.79 Å². The summed E-state index contributed by atoms with van der Waals surface area (Å²) < 4.78 is 4.93. The van der Waals surface area contributed by atoms with E-state index in [0.717, 1.165) is 12.5 Å². The number of nitrogens with one attached hydrogen (secondary N) is 2. The van der Waals surface area contributed by atoms with Gasteiger partial charge in [0.15, 0.2) is 0 Å². The first-order valence-corrected chi connectivity index (χ1v) is 7.65. The van der Waals surface area contributed by atoms with Crippen LogP contribution in [0.2, 0.25) is 0 Å². The smallest absolute Gasteiger partial charge is 0.319 e. The molecule has 0 bridgehead atoms. The molecular weight excluding hydrogens is 240 g/mol. The molecule has 4 heteroatoms. The standard InChI is InChI=1S/C15H30N2O2/c1-5-19-15(18)10-17-12(4)14-7-6-13(8-14)9-16-11(2)3/h11-14,16-17H,5-10H2,1-4H3/t12-,13?,14+/m0/s1. The lowest BCUT2D eigenvalue weighted by atomic mass is 9.98. The number of hydrogen-bond acceptors (Lipinski definition) is 4. The van der Waals surface area contributed by atoms with Gasteiger partial charge in [-0.05, 0) is 51.5 Å². The summed E-state index contributed by atoms with van der Waals surface area (Å²) in [6.07, 6.45) is 3.83. The second-order valence-electron chi connectivity index (χ2n) is 5.98. The van der Waals surface area contributed by atoms with Crippen LogP contribution in [-0.4, -0.2) is 37.7 Å². The Labute approximate surface area is 117 Å². The Kier molecular flexibility index (Phi) is 7.39. The molecule has 0 saturated heterocycles. The molecule has 1 fully saturated rings. The zero-order valence-corrected chi connectivity index (χ0v) is 12.9. The van der Waals surface area contributed by atoms with E-state index in [4.69, 9.17) is 4.74 Å². The van der Waals surface area contributed by atoms with Crippen molar-refractivity contribution >= 4 is 5.97 Å². The first-order chi connectivity index (χ1) is 9.02. The van der Waals surface area contributed by atoms with Crippen LogP contribution < -0.4 is 10.6 Å². The number of ether oxygens (including phenoxy) is 1. The van der Waals surface area contributed by atoms with Crippen molar-refractivity contribution in [1.29, 1.82) is 0 Å². The SMILES string of the molecule is CCOC(=O)CN[C@@H](C)[C@@H]1CCC(CNC(C)C)C1. The highest BCUT2D eigenvalue weighted by Crippen LogP contribution is 2.32. The first-order valence-electron chi connectivity index (χ1n) is 7.65. The molecule has 1 saturated carbocycles. The average Bonchev–Trinajstić information content (AvgIpc) is 2.82. The van der Waals surface area contributed by atoms with Crippen LogP contribution in [0.5, 0.6) is 0 Å². The van der Waals surface area contributed by atoms with E-state index in [1.54, 1.807) is 0 Å². The van der Waals surface area contributed by atoms with E-state index in [1.807, 2.05) is 6.92 Å². The number of carbonyl (C=O) groups excluding carboxylic acids is 1. The maximum atomic E-state index is 11.3. The van der Waals surface area contributed by atoms with Crippen molar-refractivity contribution in [3.8, 4) is 0 Å². The summed E-state index contributed by atoms with van der Waals surface area (Å²) in [6, 6.07) is 0.965. The average molecular weight is 270 g/mol. The van der Waals surface area contributed by atoms with Gasteiger partial charge in [-0.25, -0.2) is 0 Å². The van der Waals surface area contributed by atoms with E-state index in [1.165, 1.54) is 19.3 Å². The van der Waals surface area contributed by atoms with Crippen molar-refractivity contribution in [1.82, 2.24) is 10.6 Å². The van der Waals surface area contributed by atoms with Gasteiger partial charge in [0.05, 0.1) is 13.2 Å².